The lowest BCUT2D eigenvalue weighted by atomic mass is 9.73. The summed E-state index contributed by atoms with van der Waals surface area (Å²) in [6.45, 7) is 5.25. The number of β-amino-alcohol motifs (C(OH)–C–C–N with tert-alkyl or cyclic N) is 1. The molecule has 3 aliphatic heterocycles. The number of nitrogens with one attached hydrogen (secondary N) is 2. The number of aliphatic hydroxyl groups is 1. The number of fused-ring (bicyclic) bond motifs is 3. The van der Waals surface area contributed by atoms with Gasteiger partial charge in [0.2, 0.25) is 11.9 Å². The van der Waals surface area contributed by atoms with E-state index in [0.29, 0.717) is 73.5 Å². The number of aliphatic hydroxyl groups excluding tert-OH is 1. The quantitative estimate of drug-likeness (QED) is 0.443. The predicted octanol–water partition coefficient (Wildman–Crippen LogP) is 1.24. The molecule has 0 bridgehead atoms. The number of aryl methyl sites for hydroxylation is 1. The minimum atomic E-state index is -0.863. The van der Waals surface area contributed by atoms with Crippen LogP contribution in [0.15, 0.2) is 16.9 Å². The van der Waals surface area contributed by atoms with Crippen molar-refractivity contribution in [3.63, 3.8) is 0 Å². The predicted molar refractivity (Wildman–Crippen MR) is 155 cm³/mol. The van der Waals surface area contributed by atoms with Crippen molar-refractivity contribution in [2.75, 3.05) is 75.4 Å². The highest BCUT2D eigenvalue weighted by atomic mass is 35.5. The van der Waals surface area contributed by atoms with Crippen LogP contribution in [0, 0.1) is 0 Å². The van der Waals surface area contributed by atoms with Crippen molar-refractivity contribution in [1.29, 1.82) is 0 Å². The Morgan fingerprint density at radius 1 is 1.10 bits per heavy atom. The number of benzene rings is 1. The summed E-state index contributed by atoms with van der Waals surface area (Å²) >= 11 is 6.86. The number of halogens is 1. The summed E-state index contributed by atoms with van der Waals surface area (Å²) in [5.74, 6) is 0.191. The van der Waals surface area contributed by atoms with E-state index in [0.717, 1.165) is 56.6 Å². The van der Waals surface area contributed by atoms with Crippen LogP contribution in [0.3, 0.4) is 0 Å². The van der Waals surface area contributed by atoms with Crippen molar-refractivity contribution in [2.45, 2.75) is 43.9 Å². The van der Waals surface area contributed by atoms with Gasteiger partial charge in [-0.3, -0.25) is 24.3 Å². The van der Waals surface area contributed by atoms with Gasteiger partial charge in [-0.1, -0.05) is 11.6 Å². The maximum atomic E-state index is 13.9. The lowest BCUT2D eigenvalue weighted by molar-refractivity contribution is -0.124. The number of nitrogens with zero attached hydrogens (tertiary/aromatic N) is 4. The molecule has 2 aromatic rings. The Kier molecular flexibility index (Phi) is 8.04. The van der Waals surface area contributed by atoms with Gasteiger partial charge in [-0.05, 0) is 50.7 Å². The van der Waals surface area contributed by atoms with E-state index in [1.165, 1.54) is 0 Å². The van der Waals surface area contributed by atoms with Crippen LogP contribution >= 0.6 is 11.6 Å². The largest absolute Gasteiger partial charge is 0.395 e. The fraction of sp³-hybridized carbons (Fsp3) is 0.586. The summed E-state index contributed by atoms with van der Waals surface area (Å²) in [6.07, 6.45) is 4.57. The van der Waals surface area contributed by atoms with E-state index in [-0.39, 0.29) is 30.5 Å². The highest BCUT2D eigenvalue weighted by Gasteiger charge is 2.53. The summed E-state index contributed by atoms with van der Waals surface area (Å²) in [4.78, 5) is 53.3. The number of piperidine rings is 1. The van der Waals surface area contributed by atoms with Crippen LogP contribution < -0.4 is 20.7 Å². The van der Waals surface area contributed by atoms with Gasteiger partial charge >= 0.3 is 0 Å². The van der Waals surface area contributed by atoms with Gasteiger partial charge in [-0.2, -0.15) is 0 Å². The standard InChI is InChI=1S/C29H37ClN6O5/c30-21-17-19(25(38)31-7-10-34-12-15-41-16-13-34)18-23-24(21)29(27(40)36(23)11-14-37)5-8-35(9-6-29)28-32-22-4-2-1-3-20(22)26(39)33-28/h17-18,37H,1-16H2,(H,31,38)(H,32,33,39). The number of carbonyl (C=O) groups excluding carboxylic acids is 2. The van der Waals surface area contributed by atoms with E-state index in [1.54, 1.807) is 17.0 Å². The first-order chi connectivity index (χ1) is 19.9. The number of ether oxygens (including phenoxy) is 1. The molecule has 220 valence electrons. The molecule has 0 saturated carbocycles. The van der Waals surface area contributed by atoms with Crippen LogP contribution in [0.25, 0.3) is 0 Å². The molecule has 0 radical (unpaired) electrons. The molecule has 1 spiro atoms. The zero-order valence-electron chi connectivity index (χ0n) is 23.2. The molecule has 41 heavy (non-hydrogen) atoms. The Morgan fingerprint density at radius 3 is 2.61 bits per heavy atom. The van der Waals surface area contributed by atoms with Crippen LogP contribution in [-0.4, -0.2) is 97.4 Å². The van der Waals surface area contributed by atoms with Crippen molar-refractivity contribution in [3.05, 3.63) is 49.9 Å². The highest BCUT2D eigenvalue weighted by Crippen LogP contribution is 2.51. The van der Waals surface area contributed by atoms with Gasteiger partial charge in [-0.25, -0.2) is 4.98 Å². The zero-order valence-corrected chi connectivity index (χ0v) is 24.0. The SMILES string of the molecule is O=C(NCCN1CCOCC1)c1cc(Cl)c2c(c1)N(CCO)C(=O)C21CCN(c2nc3c(c(=O)[nH]2)CCCC3)CC1. The number of morpholine rings is 1. The summed E-state index contributed by atoms with van der Waals surface area (Å²) in [5, 5.41) is 13.1. The second-order valence-corrected chi connectivity index (χ2v) is 11.7. The number of hydrogen-bond acceptors (Lipinski definition) is 8. The first-order valence-corrected chi connectivity index (χ1v) is 15.0. The van der Waals surface area contributed by atoms with Gasteiger partial charge < -0.3 is 25.0 Å². The number of carbonyl (C=O) groups is 2. The molecule has 2 fully saturated rings. The van der Waals surface area contributed by atoms with E-state index >= 15 is 0 Å². The normalized spacial score (nSPS) is 20.3. The summed E-state index contributed by atoms with van der Waals surface area (Å²) < 4.78 is 5.38. The van der Waals surface area contributed by atoms with Crippen LogP contribution in [0.5, 0.6) is 0 Å². The number of hydrogen-bond donors (Lipinski definition) is 3. The fourth-order valence-corrected chi connectivity index (χ4v) is 7.16. The van der Waals surface area contributed by atoms with Gasteiger partial charge in [0, 0.05) is 67.5 Å². The van der Waals surface area contributed by atoms with E-state index in [4.69, 9.17) is 21.3 Å². The van der Waals surface area contributed by atoms with Gasteiger partial charge in [0.1, 0.15) is 0 Å². The van der Waals surface area contributed by atoms with Gasteiger partial charge in [0.05, 0.1) is 36.6 Å². The summed E-state index contributed by atoms with van der Waals surface area (Å²) in [7, 11) is 0. The molecule has 1 aliphatic carbocycles. The number of aromatic amines is 1. The molecule has 0 atom stereocenters. The van der Waals surface area contributed by atoms with E-state index in [9.17, 15) is 19.5 Å². The minimum absolute atomic E-state index is 0.0693. The van der Waals surface area contributed by atoms with Crippen LogP contribution in [0.2, 0.25) is 5.02 Å². The molecule has 2 saturated heterocycles. The van der Waals surface area contributed by atoms with Crippen molar-refractivity contribution in [3.8, 4) is 0 Å². The van der Waals surface area contributed by atoms with Crippen molar-refractivity contribution in [2.24, 2.45) is 0 Å². The molecule has 1 aromatic carbocycles. The zero-order chi connectivity index (χ0) is 28.6. The smallest absolute Gasteiger partial charge is 0.255 e. The highest BCUT2D eigenvalue weighted by molar-refractivity contribution is 6.33. The second-order valence-electron chi connectivity index (χ2n) is 11.3. The average Bonchev–Trinajstić information content (AvgIpc) is 3.21. The van der Waals surface area contributed by atoms with Crippen molar-refractivity contribution < 1.29 is 19.4 Å². The first-order valence-electron chi connectivity index (χ1n) is 14.6. The Bertz CT molecular complexity index is 1380. The summed E-state index contributed by atoms with van der Waals surface area (Å²) in [5.41, 5.74) is 2.43. The molecule has 1 aromatic heterocycles. The third-order valence-corrected chi connectivity index (χ3v) is 9.29. The molecule has 0 unspecified atom stereocenters. The second kappa shape index (κ2) is 11.7. The van der Waals surface area contributed by atoms with Crippen LogP contribution in [0.4, 0.5) is 11.6 Å². The number of rotatable bonds is 7. The molecular formula is C29H37ClN6O5. The summed E-state index contributed by atoms with van der Waals surface area (Å²) in [6, 6.07) is 3.37. The lowest BCUT2D eigenvalue weighted by Gasteiger charge is -2.39. The monoisotopic (exact) mass is 584 g/mol. The molecule has 11 nitrogen and oxygen atoms in total. The number of aromatic nitrogens is 2. The Hall–Kier alpha value is -2.99. The molecule has 6 rings (SSSR count). The van der Waals surface area contributed by atoms with Crippen LogP contribution in [-0.2, 0) is 27.8 Å². The molecule has 3 N–H and O–H groups in total. The Morgan fingerprint density at radius 2 is 1.85 bits per heavy atom. The van der Waals surface area contributed by atoms with Gasteiger partial charge in [0.25, 0.3) is 11.5 Å². The average molecular weight is 585 g/mol. The van der Waals surface area contributed by atoms with E-state index < -0.39 is 5.41 Å². The van der Waals surface area contributed by atoms with Gasteiger partial charge in [0.15, 0.2) is 0 Å². The van der Waals surface area contributed by atoms with E-state index in [1.807, 2.05) is 4.90 Å². The first kappa shape index (κ1) is 28.1. The number of anilines is 2. The molecular weight excluding hydrogens is 548 g/mol. The fourth-order valence-electron chi connectivity index (χ4n) is 6.76. The van der Waals surface area contributed by atoms with E-state index in [2.05, 4.69) is 15.2 Å². The molecule has 12 heteroatoms. The maximum Gasteiger partial charge on any atom is 0.255 e. The topological polar surface area (TPSA) is 131 Å². The minimum Gasteiger partial charge on any atom is -0.395 e. The van der Waals surface area contributed by atoms with Crippen molar-refractivity contribution >= 4 is 35.1 Å². The number of H-pyrrole nitrogens is 1. The molecule has 2 amide bonds. The lowest BCUT2D eigenvalue weighted by Crippen LogP contribution is -2.50. The number of amides is 2. The van der Waals surface area contributed by atoms with Crippen molar-refractivity contribution in [1.82, 2.24) is 20.2 Å². The third kappa shape index (κ3) is 5.24. The Labute approximate surface area is 243 Å². The third-order valence-electron chi connectivity index (χ3n) is 8.99. The van der Waals surface area contributed by atoms with Gasteiger partial charge in [-0.15, -0.1) is 0 Å². The van der Waals surface area contributed by atoms with Crippen LogP contribution in [0.1, 0.15) is 52.9 Å². The molecule has 4 aliphatic rings. The Balaban J connectivity index is 1.22. The molecule has 4 heterocycles. The maximum absolute atomic E-state index is 13.9.